The van der Waals surface area contributed by atoms with Crippen LogP contribution in [0.25, 0.3) is 0 Å². The van der Waals surface area contributed by atoms with Gasteiger partial charge in [0, 0.05) is 5.56 Å². The van der Waals surface area contributed by atoms with E-state index in [1.54, 1.807) is 12.3 Å². The van der Waals surface area contributed by atoms with Gasteiger partial charge in [-0.3, -0.25) is 4.72 Å². The summed E-state index contributed by atoms with van der Waals surface area (Å²) < 4.78 is 30.7. The summed E-state index contributed by atoms with van der Waals surface area (Å²) in [7, 11) is -3.32. The molecule has 0 amide bonds. The molecule has 1 N–H and O–H groups in total. The number of hydrogen-bond acceptors (Lipinski definition) is 4. The first-order valence-corrected chi connectivity index (χ1v) is 8.19. The fraction of sp³-hybridized carbons (Fsp3) is 0.615. The normalized spacial score (nSPS) is 16.2. The second-order valence-electron chi connectivity index (χ2n) is 6.01. The number of nitrogens with one attached hydrogen (secondary N) is 1. The summed E-state index contributed by atoms with van der Waals surface area (Å²) in [6.07, 6.45) is 5.16. The summed E-state index contributed by atoms with van der Waals surface area (Å²) in [5.74, 6) is 1.07. The largest absolute Gasteiger partial charge is 0.489 e. The van der Waals surface area contributed by atoms with Crippen molar-refractivity contribution in [3.8, 4) is 5.75 Å². The van der Waals surface area contributed by atoms with Crippen LogP contribution in [0.2, 0.25) is 0 Å². The van der Waals surface area contributed by atoms with E-state index in [0.29, 0.717) is 5.82 Å². The van der Waals surface area contributed by atoms with Crippen molar-refractivity contribution in [1.29, 1.82) is 0 Å². The lowest BCUT2D eigenvalue weighted by molar-refractivity contribution is 0.293. The summed E-state index contributed by atoms with van der Waals surface area (Å²) in [6.45, 7) is 6.19. The fourth-order valence-corrected chi connectivity index (χ4v) is 2.23. The van der Waals surface area contributed by atoms with Gasteiger partial charge in [-0.1, -0.05) is 20.8 Å². The highest BCUT2D eigenvalue weighted by molar-refractivity contribution is 7.92. The van der Waals surface area contributed by atoms with Crippen LogP contribution in [0.1, 0.15) is 39.2 Å². The van der Waals surface area contributed by atoms with E-state index >= 15 is 0 Å². The average molecular weight is 284 g/mol. The molecule has 0 aliphatic heterocycles. The predicted molar refractivity (Wildman–Crippen MR) is 75.1 cm³/mol. The number of aromatic nitrogens is 1. The summed E-state index contributed by atoms with van der Waals surface area (Å²) in [6, 6.07) is 1.75. The Bertz CT molecular complexity index is 572. The number of hydrogen-bond donors (Lipinski definition) is 1. The number of sulfonamides is 1. The summed E-state index contributed by atoms with van der Waals surface area (Å²) >= 11 is 0. The van der Waals surface area contributed by atoms with E-state index in [0.717, 1.165) is 30.4 Å². The van der Waals surface area contributed by atoms with Gasteiger partial charge in [-0.05, 0) is 24.3 Å². The molecule has 1 aromatic heterocycles. The van der Waals surface area contributed by atoms with E-state index in [2.05, 4.69) is 30.5 Å². The maximum atomic E-state index is 11.3. The predicted octanol–water partition coefficient (Wildman–Crippen LogP) is 2.29. The Morgan fingerprint density at radius 1 is 1.37 bits per heavy atom. The minimum Gasteiger partial charge on any atom is -0.489 e. The molecule has 1 aromatic rings. The van der Waals surface area contributed by atoms with Gasteiger partial charge < -0.3 is 4.74 Å². The van der Waals surface area contributed by atoms with E-state index < -0.39 is 10.0 Å². The van der Waals surface area contributed by atoms with Crippen molar-refractivity contribution in [3.05, 3.63) is 17.8 Å². The van der Waals surface area contributed by atoms with Crippen molar-refractivity contribution >= 4 is 15.8 Å². The molecule has 1 fully saturated rings. The first-order chi connectivity index (χ1) is 8.65. The standard InChI is InChI=1S/C13H20N2O3S/c1-13(2,3)10-7-12(15-19(4,16)17)14-8-11(10)18-9-5-6-9/h7-9H,5-6H2,1-4H3,(H,14,15). The Balaban J connectivity index is 2.35. The smallest absolute Gasteiger partial charge is 0.230 e. The van der Waals surface area contributed by atoms with E-state index in [1.807, 2.05) is 0 Å². The summed E-state index contributed by atoms with van der Waals surface area (Å²) in [4.78, 5) is 4.10. The highest BCUT2D eigenvalue weighted by Gasteiger charge is 2.27. The van der Waals surface area contributed by atoms with Crippen LogP contribution in [0.4, 0.5) is 5.82 Å². The van der Waals surface area contributed by atoms with E-state index in [-0.39, 0.29) is 11.5 Å². The zero-order chi connectivity index (χ0) is 14.3. The third-order valence-corrected chi connectivity index (χ3v) is 3.36. The van der Waals surface area contributed by atoms with E-state index in [1.165, 1.54) is 0 Å². The van der Waals surface area contributed by atoms with Crippen molar-refractivity contribution < 1.29 is 13.2 Å². The molecule has 106 valence electrons. The quantitative estimate of drug-likeness (QED) is 0.921. The minimum atomic E-state index is -3.32. The third kappa shape index (κ3) is 4.09. The van der Waals surface area contributed by atoms with Gasteiger partial charge in [-0.25, -0.2) is 13.4 Å². The minimum absolute atomic E-state index is 0.138. The fourth-order valence-electron chi connectivity index (χ4n) is 1.73. The first kappa shape index (κ1) is 14.1. The molecule has 0 saturated heterocycles. The molecule has 0 spiro atoms. The molecular formula is C13H20N2O3S. The van der Waals surface area contributed by atoms with Crippen LogP contribution in [-0.4, -0.2) is 25.8 Å². The zero-order valence-corrected chi connectivity index (χ0v) is 12.5. The van der Waals surface area contributed by atoms with Crippen LogP contribution in [0.15, 0.2) is 12.3 Å². The zero-order valence-electron chi connectivity index (χ0n) is 11.7. The van der Waals surface area contributed by atoms with Crippen molar-refractivity contribution in [2.24, 2.45) is 0 Å². The van der Waals surface area contributed by atoms with Gasteiger partial charge in [0.15, 0.2) is 0 Å². The van der Waals surface area contributed by atoms with Crippen LogP contribution in [0, 0.1) is 0 Å². The Hall–Kier alpha value is -1.30. The van der Waals surface area contributed by atoms with Crippen LogP contribution >= 0.6 is 0 Å². The second-order valence-corrected chi connectivity index (χ2v) is 7.76. The summed E-state index contributed by atoms with van der Waals surface area (Å²) in [5, 5.41) is 0. The van der Waals surface area contributed by atoms with Gasteiger partial charge in [0.05, 0.1) is 18.6 Å². The van der Waals surface area contributed by atoms with Crippen LogP contribution in [0.3, 0.4) is 0 Å². The molecule has 5 nitrogen and oxygen atoms in total. The summed E-state index contributed by atoms with van der Waals surface area (Å²) in [5.41, 5.74) is 0.821. The van der Waals surface area contributed by atoms with Gasteiger partial charge in [-0.2, -0.15) is 0 Å². The first-order valence-electron chi connectivity index (χ1n) is 6.30. The number of anilines is 1. The molecule has 1 saturated carbocycles. The molecule has 19 heavy (non-hydrogen) atoms. The molecule has 1 aliphatic rings. The molecule has 1 heterocycles. The molecule has 1 aliphatic carbocycles. The Morgan fingerprint density at radius 3 is 2.47 bits per heavy atom. The van der Waals surface area contributed by atoms with Gasteiger partial charge in [0.25, 0.3) is 0 Å². The van der Waals surface area contributed by atoms with Gasteiger partial charge in [0.2, 0.25) is 10.0 Å². The Labute approximate surface area is 114 Å². The average Bonchev–Trinajstić information content (AvgIpc) is 3.00. The number of rotatable bonds is 4. The maximum Gasteiger partial charge on any atom is 0.230 e. The lowest BCUT2D eigenvalue weighted by Gasteiger charge is -2.23. The monoisotopic (exact) mass is 284 g/mol. The number of ether oxygens (including phenoxy) is 1. The molecule has 2 rings (SSSR count). The van der Waals surface area contributed by atoms with Gasteiger partial charge in [0.1, 0.15) is 11.6 Å². The molecule has 6 heteroatoms. The maximum absolute atomic E-state index is 11.3. The molecule has 0 bridgehead atoms. The molecule has 0 radical (unpaired) electrons. The second kappa shape index (κ2) is 4.67. The van der Waals surface area contributed by atoms with Crippen LogP contribution in [-0.2, 0) is 15.4 Å². The number of pyridine rings is 1. The highest BCUT2D eigenvalue weighted by Crippen LogP contribution is 2.36. The van der Waals surface area contributed by atoms with Crippen molar-refractivity contribution in [1.82, 2.24) is 4.98 Å². The number of nitrogens with zero attached hydrogens (tertiary/aromatic N) is 1. The van der Waals surface area contributed by atoms with Crippen molar-refractivity contribution in [3.63, 3.8) is 0 Å². The Kier molecular flexibility index (Phi) is 3.47. The van der Waals surface area contributed by atoms with Gasteiger partial charge >= 0.3 is 0 Å². The van der Waals surface area contributed by atoms with Gasteiger partial charge in [-0.15, -0.1) is 0 Å². The van der Waals surface area contributed by atoms with Crippen LogP contribution < -0.4 is 9.46 Å². The molecule has 0 aromatic carbocycles. The Morgan fingerprint density at radius 2 is 2.00 bits per heavy atom. The van der Waals surface area contributed by atoms with Crippen molar-refractivity contribution in [2.75, 3.05) is 11.0 Å². The highest BCUT2D eigenvalue weighted by atomic mass is 32.2. The van der Waals surface area contributed by atoms with E-state index in [9.17, 15) is 8.42 Å². The lowest BCUT2D eigenvalue weighted by Crippen LogP contribution is -2.17. The SMILES string of the molecule is CC(C)(C)c1cc(NS(C)(=O)=O)ncc1OC1CC1. The van der Waals surface area contributed by atoms with Crippen molar-refractivity contribution in [2.45, 2.75) is 45.1 Å². The molecular weight excluding hydrogens is 264 g/mol. The van der Waals surface area contributed by atoms with E-state index in [4.69, 9.17) is 4.74 Å². The third-order valence-electron chi connectivity index (χ3n) is 2.78. The molecule has 0 atom stereocenters. The molecule has 0 unspecified atom stereocenters. The van der Waals surface area contributed by atoms with Crippen LogP contribution in [0.5, 0.6) is 5.75 Å². The lowest BCUT2D eigenvalue weighted by atomic mass is 9.87. The topological polar surface area (TPSA) is 68.3 Å².